The fourth-order valence-corrected chi connectivity index (χ4v) is 3.63. The summed E-state index contributed by atoms with van der Waals surface area (Å²) in [5, 5.41) is 0.673. The number of rotatable bonds is 4. The van der Waals surface area contributed by atoms with Gasteiger partial charge in [0.2, 0.25) is 0 Å². The van der Waals surface area contributed by atoms with E-state index in [0.29, 0.717) is 22.4 Å². The average Bonchev–Trinajstić information content (AvgIpc) is 2.90. The van der Waals surface area contributed by atoms with Crippen molar-refractivity contribution in [3.8, 4) is 0 Å². The van der Waals surface area contributed by atoms with E-state index in [1.165, 1.54) is 11.8 Å². The number of pyridine rings is 1. The summed E-state index contributed by atoms with van der Waals surface area (Å²) in [5.74, 6) is 0.607. The van der Waals surface area contributed by atoms with E-state index >= 15 is 0 Å². The second kappa shape index (κ2) is 7.74. The molecule has 26 heavy (non-hydrogen) atoms. The minimum Gasteiger partial charge on any atom is -0.378 e. The Kier molecular flexibility index (Phi) is 5.42. The SMILES string of the molecule is CCN1C(=O)/C(=C/c2ccc(N(C)C)cc2)S/C1=N/c1cccc(C)n1. The van der Waals surface area contributed by atoms with Crippen molar-refractivity contribution in [2.45, 2.75) is 13.8 Å². The lowest BCUT2D eigenvalue weighted by molar-refractivity contribution is -0.122. The lowest BCUT2D eigenvalue weighted by Gasteiger charge is -2.12. The third-order valence-corrected chi connectivity index (χ3v) is 5.00. The third kappa shape index (κ3) is 3.96. The number of carbonyl (C=O) groups is 1. The molecule has 1 fully saturated rings. The van der Waals surface area contributed by atoms with Crippen molar-refractivity contribution in [2.24, 2.45) is 4.99 Å². The predicted molar refractivity (Wildman–Crippen MR) is 110 cm³/mol. The number of hydrogen-bond donors (Lipinski definition) is 0. The number of amides is 1. The van der Waals surface area contributed by atoms with Gasteiger partial charge in [-0.05, 0) is 61.5 Å². The number of amidine groups is 1. The first-order valence-corrected chi connectivity index (χ1v) is 9.30. The Labute approximate surface area is 158 Å². The molecule has 0 unspecified atom stereocenters. The standard InChI is InChI=1S/C20H22N4OS/c1-5-24-19(25)17(13-15-9-11-16(12-10-15)23(3)4)26-20(24)22-18-8-6-7-14(2)21-18/h6-13H,5H2,1-4H3/b17-13-,22-20+. The van der Waals surface area contributed by atoms with Gasteiger partial charge in [-0.15, -0.1) is 0 Å². The minimum atomic E-state index is -0.0133. The fraction of sp³-hybridized carbons (Fsp3) is 0.250. The van der Waals surface area contributed by atoms with Crippen LogP contribution in [-0.4, -0.2) is 41.6 Å². The molecule has 2 aromatic rings. The number of hydrogen-bond acceptors (Lipinski definition) is 5. The second-order valence-electron chi connectivity index (χ2n) is 6.18. The first kappa shape index (κ1) is 18.2. The van der Waals surface area contributed by atoms with Crippen LogP contribution in [0.3, 0.4) is 0 Å². The van der Waals surface area contributed by atoms with Gasteiger partial charge in [-0.3, -0.25) is 9.69 Å². The summed E-state index contributed by atoms with van der Waals surface area (Å²) >= 11 is 1.39. The molecule has 0 saturated carbocycles. The maximum absolute atomic E-state index is 12.7. The smallest absolute Gasteiger partial charge is 0.266 e. The molecule has 1 aromatic carbocycles. The highest BCUT2D eigenvalue weighted by Gasteiger charge is 2.32. The van der Waals surface area contributed by atoms with Crippen molar-refractivity contribution in [1.29, 1.82) is 0 Å². The van der Waals surface area contributed by atoms with E-state index in [1.807, 2.05) is 81.4 Å². The third-order valence-electron chi connectivity index (χ3n) is 4.00. The zero-order chi connectivity index (χ0) is 18.7. The Bertz CT molecular complexity index is 872. The maximum atomic E-state index is 12.7. The van der Waals surface area contributed by atoms with Crippen LogP contribution in [0.25, 0.3) is 6.08 Å². The molecule has 0 N–H and O–H groups in total. The van der Waals surface area contributed by atoms with Crippen molar-refractivity contribution in [3.05, 3.63) is 58.6 Å². The van der Waals surface area contributed by atoms with Gasteiger partial charge in [-0.2, -0.15) is 0 Å². The normalized spacial score (nSPS) is 17.4. The molecule has 5 nitrogen and oxygen atoms in total. The molecule has 1 aliphatic rings. The molecular formula is C20H22N4OS. The summed E-state index contributed by atoms with van der Waals surface area (Å²) in [5.41, 5.74) is 3.03. The lowest BCUT2D eigenvalue weighted by Crippen LogP contribution is -2.28. The van der Waals surface area contributed by atoms with Crippen molar-refractivity contribution in [1.82, 2.24) is 9.88 Å². The van der Waals surface area contributed by atoms with Crippen LogP contribution in [0, 0.1) is 6.92 Å². The fourth-order valence-electron chi connectivity index (χ4n) is 2.58. The van der Waals surface area contributed by atoms with E-state index in [9.17, 15) is 4.79 Å². The van der Waals surface area contributed by atoms with Gasteiger partial charge in [0.1, 0.15) is 0 Å². The van der Waals surface area contributed by atoms with E-state index in [1.54, 1.807) is 4.90 Å². The largest absolute Gasteiger partial charge is 0.378 e. The zero-order valence-corrected chi connectivity index (χ0v) is 16.2. The number of aryl methyl sites for hydroxylation is 1. The highest BCUT2D eigenvalue weighted by atomic mass is 32.2. The molecule has 0 radical (unpaired) electrons. The molecule has 6 heteroatoms. The van der Waals surface area contributed by atoms with Gasteiger partial charge in [0.25, 0.3) is 5.91 Å². The van der Waals surface area contributed by atoms with Crippen LogP contribution in [0.5, 0.6) is 0 Å². The van der Waals surface area contributed by atoms with Crippen LogP contribution in [0.1, 0.15) is 18.2 Å². The summed E-state index contributed by atoms with van der Waals surface area (Å²) in [7, 11) is 4.01. The maximum Gasteiger partial charge on any atom is 0.266 e. The Morgan fingerprint density at radius 1 is 1.19 bits per heavy atom. The second-order valence-corrected chi connectivity index (χ2v) is 7.19. The number of anilines is 1. The van der Waals surface area contributed by atoms with E-state index < -0.39 is 0 Å². The van der Waals surface area contributed by atoms with Crippen LogP contribution in [0.4, 0.5) is 11.5 Å². The molecule has 3 rings (SSSR count). The van der Waals surface area contributed by atoms with Gasteiger partial charge < -0.3 is 4.90 Å². The molecule has 1 aliphatic heterocycles. The highest BCUT2D eigenvalue weighted by molar-refractivity contribution is 8.18. The van der Waals surface area contributed by atoms with Crippen LogP contribution in [0.15, 0.2) is 52.4 Å². The zero-order valence-electron chi connectivity index (χ0n) is 15.4. The van der Waals surface area contributed by atoms with Gasteiger partial charge in [0, 0.05) is 32.0 Å². The molecule has 0 bridgehead atoms. The number of thioether (sulfide) groups is 1. The molecular weight excluding hydrogens is 344 g/mol. The Hall–Kier alpha value is -2.60. The van der Waals surface area contributed by atoms with Gasteiger partial charge in [-0.1, -0.05) is 18.2 Å². The van der Waals surface area contributed by atoms with E-state index in [2.05, 4.69) is 9.98 Å². The molecule has 2 heterocycles. The number of aliphatic imine (C=N–C) groups is 1. The van der Waals surface area contributed by atoms with Crippen LogP contribution in [-0.2, 0) is 4.79 Å². The number of nitrogens with zero attached hydrogens (tertiary/aromatic N) is 4. The molecule has 1 aromatic heterocycles. The summed E-state index contributed by atoms with van der Waals surface area (Å²) in [6.45, 7) is 4.46. The Morgan fingerprint density at radius 2 is 1.92 bits per heavy atom. The molecule has 1 saturated heterocycles. The lowest BCUT2D eigenvalue weighted by atomic mass is 10.2. The van der Waals surface area contributed by atoms with Gasteiger partial charge in [-0.25, -0.2) is 9.98 Å². The Morgan fingerprint density at radius 3 is 2.54 bits per heavy atom. The number of carbonyl (C=O) groups excluding carboxylic acids is 1. The topological polar surface area (TPSA) is 48.8 Å². The molecule has 0 spiro atoms. The first-order valence-electron chi connectivity index (χ1n) is 8.49. The summed E-state index contributed by atoms with van der Waals surface area (Å²) < 4.78 is 0. The average molecular weight is 366 g/mol. The Balaban J connectivity index is 1.89. The van der Waals surface area contributed by atoms with Crippen molar-refractivity contribution in [2.75, 3.05) is 25.5 Å². The van der Waals surface area contributed by atoms with Crippen molar-refractivity contribution < 1.29 is 4.79 Å². The number of benzene rings is 1. The van der Waals surface area contributed by atoms with Crippen LogP contribution < -0.4 is 4.90 Å². The van der Waals surface area contributed by atoms with Crippen molar-refractivity contribution >= 4 is 40.4 Å². The van der Waals surface area contributed by atoms with E-state index in [0.717, 1.165) is 16.9 Å². The molecule has 1 amide bonds. The van der Waals surface area contributed by atoms with Crippen molar-refractivity contribution in [3.63, 3.8) is 0 Å². The number of aromatic nitrogens is 1. The minimum absolute atomic E-state index is 0.0133. The van der Waals surface area contributed by atoms with Gasteiger partial charge >= 0.3 is 0 Å². The quantitative estimate of drug-likeness (QED) is 0.765. The monoisotopic (exact) mass is 366 g/mol. The molecule has 0 atom stereocenters. The highest BCUT2D eigenvalue weighted by Crippen LogP contribution is 2.33. The summed E-state index contributed by atoms with van der Waals surface area (Å²) in [6.07, 6.45) is 1.92. The number of likely N-dealkylation sites (N-methyl/N-ethyl adjacent to an activating group) is 1. The van der Waals surface area contributed by atoms with Crippen LogP contribution in [0.2, 0.25) is 0 Å². The van der Waals surface area contributed by atoms with Gasteiger partial charge in [0.05, 0.1) is 4.91 Å². The van der Waals surface area contributed by atoms with E-state index in [4.69, 9.17) is 0 Å². The first-order chi connectivity index (χ1) is 12.5. The van der Waals surface area contributed by atoms with Gasteiger partial charge in [0.15, 0.2) is 11.0 Å². The summed E-state index contributed by atoms with van der Waals surface area (Å²) in [4.78, 5) is 26.1. The predicted octanol–water partition coefficient (Wildman–Crippen LogP) is 4.08. The van der Waals surface area contributed by atoms with Crippen LogP contribution >= 0.6 is 11.8 Å². The molecule has 0 aliphatic carbocycles. The molecule has 134 valence electrons. The van der Waals surface area contributed by atoms with E-state index in [-0.39, 0.29) is 5.91 Å². The summed E-state index contributed by atoms with van der Waals surface area (Å²) in [6, 6.07) is 13.8.